The van der Waals surface area contributed by atoms with Crippen LogP contribution in [0, 0.1) is 5.82 Å². The van der Waals surface area contributed by atoms with Crippen LogP contribution in [0.4, 0.5) is 4.39 Å². The Hall–Kier alpha value is -0.740. The molecule has 0 fully saturated rings. The number of nitrogens with one attached hydrogen (secondary N) is 1. The summed E-state index contributed by atoms with van der Waals surface area (Å²) in [4.78, 5) is -0.861. The quantitative estimate of drug-likeness (QED) is 0.700. The smallest absolute Gasteiger partial charge is 0.240 e. The fourth-order valence-electron chi connectivity index (χ4n) is 1.91. The number of benzene rings is 1. The van der Waals surface area contributed by atoms with Crippen molar-refractivity contribution in [3.8, 4) is 0 Å². The predicted octanol–water partition coefficient (Wildman–Crippen LogP) is 1.45. The van der Waals surface area contributed by atoms with E-state index in [2.05, 4.69) is 4.72 Å². The van der Waals surface area contributed by atoms with Crippen molar-refractivity contribution in [3.63, 3.8) is 0 Å². The first-order valence-electron chi connectivity index (χ1n) is 6.83. The van der Waals surface area contributed by atoms with Crippen molar-refractivity contribution in [2.45, 2.75) is 42.0 Å². The highest BCUT2D eigenvalue weighted by atomic mass is 35.5. The van der Waals surface area contributed by atoms with Crippen molar-refractivity contribution in [1.29, 1.82) is 0 Å². The Kier molecular flexibility index (Phi) is 8.64. The third-order valence-electron chi connectivity index (χ3n) is 3.13. The van der Waals surface area contributed by atoms with Crippen LogP contribution in [0.3, 0.4) is 0 Å². The molecule has 134 valence electrons. The van der Waals surface area contributed by atoms with Gasteiger partial charge in [0.25, 0.3) is 0 Å². The third-order valence-corrected chi connectivity index (χ3v) is 5.77. The Bertz CT molecular complexity index is 723. The number of rotatable bonds is 8. The van der Waals surface area contributed by atoms with E-state index in [0.29, 0.717) is 12.5 Å². The van der Waals surface area contributed by atoms with Crippen LogP contribution in [0.2, 0.25) is 0 Å². The molecule has 0 saturated heterocycles. The summed E-state index contributed by atoms with van der Waals surface area (Å²) in [6.45, 7) is 2.10. The molecular weight excluding hydrogens is 367 g/mol. The van der Waals surface area contributed by atoms with Crippen LogP contribution in [0.15, 0.2) is 28.0 Å². The molecule has 6 nitrogen and oxygen atoms in total. The molecule has 1 aromatic rings. The number of hydrogen-bond donors (Lipinski definition) is 2. The largest absolute Gasteiger partial charge is 0.329 e. The minimum atomic E-state index is -3.95. The van der Waals surface area contributed by atoms with Gasteiger partial charge in [-0.25, -0.2) is 25.9 Å². The van der Waals surface area contributed by atoms with Gasteiger partial charge >= 0.3 is 0 Å². The fraction of sp³-hybridized carbons (Fsp3) is 0.538. The summed E-state index contributed by atoms with van der Waals surface area (Å²) < 4.78 is 63.3. The highest BCUT2D eigenvalue weighted by Gasteiger charge is 2.22. The summed E-state index contributed by atoms with van der Waals surface area (Å²) in [5, 5.41) is 0. The van der Waals surface area contributed by atoms with E-state index >= 15 is 0 Å². The van der Waals surface area contributed by atoms with Gasteiger partial charge in [0.05, 0.1) is 4.90 Å². The molecule has 0 radical (unpaired) electrons. The van der Waals surface area contributed by atoms with Crippen LogP contribution in [0.25, 0.3) is 0 Å². The van der Waals surface area contributed by atoms with Crippen LogP contribution < -0.4 is 10.5 Å². The lowest BCUT2D eigenvalue weighted by molar-refractivity contribution is 0.514. The van der Waals surface area contributed by atoms with Crippen LogP contribution in [0.5, 0.6) is 0 Å². The molecule has 1 atom stereocenters. The Morgan fingerprint density at radius 3 is 2.30 bits per heavy atom. The van der Waals surface area contributed by atoms with Crippen LogP contribution in [-0.2, 0) is 19.9 Å². The number of halogens is 2. The molecule has 0 bridgehead atoms. The molecule has 0 spiro atoms. The third kappa shape index (κ3) is 6.34. The first-order chi connectivity index (χ1) is 10.1. The first-order valence-corrected chi connectivity index (χ1v) is 10.2. The van der Waals surface area contributed by atoms with E-state index in [1.807, 2.05) is 6.92 Å². The molecule has 0 aliphatic heterocycles. The van der Waals surface area contributed by atoms with Crippen molar-refractivity contribution in [1.82, 2.24) is 4.72 Å². The molecular formula is C13H22ClFN2O4S2. The molecule has 0 heterocycles. The minimum Gasteiger partial charge on any atom is -0.329 e. The topological polar surface area (TPSA) is 106 Å². The van der Waals surface area contributed by atoms with Crippen LogP contribution in [0.1, 0.15) is 26.2 Å². The Balaban J connectivity index is 0.00000484. The summed E-state index contributed by atoms with van der Waals surface area (Å²) >= 11 is 0. The Morgan fingerprint density at radius 2 is 1.87 bits per heavy atom. The molecule has 3 N–H and O–H groups in total. The van der Waals surface area contributed by atoms with Gasteiger partial charge < -0.3 is 5.73 Å². The van der Waals surface area contributed by atoms with Gasteiger partial charge in [0.15, 0.2) is 9.84 Å². The standard InChI is InChI=1S/C13H21FN2O4S2.ClH/c1-3-4-5-10(9-15)16-22(19,20)11-6-7-13(12(14)8-11)21(2,17)18;/h6-8,10,16H,3-5,9,15H2,1-2H3;1H. The maximum atomic E-state index is 13.8. The van der Waals surface area contributed by atoms with Gasteiger partial charge in [0.1, 0.15) is 10.7 Å². The second kappa shape index (κ2) is 8.93. The molecule has 0 aliphatic rings. The van der Waals surface area contributed by atoms with Crippen molar-refractivity contribution >= 4 is 32.3 Å². The summed E-state index contributed by atoms with van der Waals surface area (Å²) in [5.74, 6) is -1.09. The summed E-state index contributed by atoms with van der Waals surface area (Å²) in [6, 6.07) is 2.27. The van der Waals surface area contributed by atoms with Crippen molar-refractivity contribution in [2.75, 3.05) is 12.8 Å². The van der Waals surface area contributed by atoms with Crippen molar-refractivity contribution in [3.05, 3.63) is 24.0 Å². The van der Waals surface area contributed by atoms with Crippen LogP contribution >= 0.6 is 12.4 Å². The van der Waals surface area contributed by atoms with Gasteiger partial charge in [-0.05, 0) is 24.6 Å². The molecule has 0 aliphatic carbocycles. The average molecular weight is 389 g/mol. The van der Waals surface area contributed by atoms with E-state index < -0.39 is 36.6 Å². The van der Waals surface area contributed by atoms with Gasteiger partial charge in [-0.2, -0.15) is 0 Å². The number of sulfonamides is 1. The van der Waals surface area contributed by atoms with E-state index in [-0.39, 0.29) is 23.8 Å². The molecule has 1 rings (SSSR count). The molecule has 0 saturated carbocycles. The zero-order valence-corrected chi connectivity index (χ0v) is 15.4. The molecule has 1 unspecified atom stereocenters. The maximum Gasteiger partial charge on any atom is 0.240 e. The van der Waals surface area contributed by atoms with Gasteiger partial charge in [-0.1, -0.05) is 19.8 Å². The lowest BCUT2D eigenvalue weighted by atomic mass is 10.1. The van der Waals surface area contributed by atoms with E-state index in [0.717, 1.165) is 31.2 Å². The predicted molar refractivity (Wildman–Crippen MR) is 89.4 cm³/mol. The highest BCUT2D eigenvalue weighted by Crippen LogP contribution is 2.19. The molecule has 10 heteroatoms. The zero-order chi connectivity index (χ0) is 17.0. The van der Waals surface area contributed by atoms with Crippen LogP contribution in [-0.4, -0.2) is 35.7 Å². The molecule has 23 heavy (non-hydrogen) atoms. The fourth-order valence-corrected chi connectivity index (χ4v) is 3.94. The SMILES string of the molecule is CCCCC(CN)NS(=O)(=O)c1ccc(S(C)(=O)=O)c(F)c1.Cl. The van der Waals surface area contributed by atoms with E-state index in [9.17, 15) is 21.2 Å². The van der Waals surface area contributed by atoms with Gasteiger partial charge in [0.2, 0.25) is 10.0 Å². The van der Waals surface area contributed by atoms with Crippen molar-refractivity contribution < 1.29 is 21.2 Å². The van der Waals surface area contributed by atoms with Gasteiger partial charge in [-0.15, -0.1) is 12.4 Å². The summed E-state index contributed by atoms with van der Waals surface area (Å²) in [7, 11) is -7.70. The van der Waals surface area contributed by atoms with E-state index in [1.165, 1.54) is 0 Å². The molecule has 1 aromatic carbocycles. The van der Waals surface area contributed by atoms with E-state index in [4.69, 9.17) is 5.73 Å². The minimum absolute atomic E-state index is 0. The first kappa shape index (κ1) is 22.3. The number of nitrogens with two attached hydrogens (primary N) is 1. The lowest BCUT2D eigenvalue weighted by Gasteiger charge is -2.16. The Morgan fingerprint density at radius 1 is 1.26 bits per heavy atom. The normalized spacial score (nSPS) is 13.4. The summed E-state index contributed by atoms with van der Waals surface area (Å²) in [6.07, 6.45) is 3.14. The number of sulfone groups is 1. The lowest BCUT2D eigenvalue weighted by Crippen LogP contribution is -2.40. The zero-order valence-electron chi connectivity index (χ0n) is 13.0. The maximum absolute atomic E-state index is 13.8. The van der Waals surface area contributed by atoms with Gasteiger partial charge in [0, 0.05) is 18.8 Å². The summed E-state index contributed by atoms with van der Waals surface area (Å²) in [5.41, 5.74) is 5.53. The number of unbranched alkanes of at least 4 members (excludes halogenated alkanes) is 1. The second-order valence-electron chi connectivity index (χ2n) is 5.06. The second-order valence-corrected chi connectivity index (χ2v) is 8.76. The molecule has 0 aromatic heterocycles. The van der Waals surface area contributed by atoms with Crippen molar-refractivity contribution in [2.24, 2.45) is 5.73 Å². The molecule has 0 amide bonds. The average Bonchev–Trinajstić information content (AvgIpc) is 2.41. The van der Waals surface area contributed by atoms with E-state index in [1.54, 1.807) is 0 Å². The Labute approximate surface area is 143 Å². The van der Waals surface area contributed by atoms with Gasteiger partial charge in [-0.3, -0.25) is 0 Å². The number of hydrogen-bond acceptors (Lipinski definition) is 5. The monoisotopic (exact) mass is 388 g/mol. The highest BCUT2D eigenvalue weighted by molar-refractivity contribution is 7.90.